The van der Waals surface area contributed by atoms with Crippen molar-refractivity contribution < 1.29 is 0 Å². The van der Waals surface area contributed by atoms with Gasteiger partial charge in [-0.15, -0.1) is 0 Å². The normalized spacial score (nSPS) is 13.5. The van der Waals surface area contributed by atoms with Crippen LogP contribution in [0.1, 0.15) is 33.3 Å². The number of allylic oxidation sites excluding steroid dienone is 4. The van der Waals surface area contributed by atoms with E-state index in [0.717, 1.165) is 0 Å². The highest BCUT2D eigenvalue weighted by Crippen LogP contribution is 2.31. The van der Waals surface area contributed by atoms with Crippen LogP contribution in [0.2, 0.25) is 0 Å². The van der Waals surface area contributed by atoms with Gasteiger partial charge in [0.05, 0.1) is 0 Å². The molecule has 0 saturated heterocycles. The molecule has 0 atom stereocenters. The fourth-order valence-corrected chi connectivity index (χ4v) is 1.87. The summed E-state index contributed by atoms with van der Waals surface area (Å²) in [5.41, 5.74) is 2.80. The third-order valence-corrected chi connectivity index (χ3v) is 2.87. The van der Waals surface area contributed by atoms with E-state index >= 15 is 0 Å². The van der Waals surface area contributed by atoms with Crippen LogP contribution in [0.3, 0.4) is 0 Å². The molecule has 0 heterocycles. The SMILES string of the molecule is C/C=C\C(=C/C)C(C)(C)c1ccccc1. The highest BCUT2D eigenvalue weighted by molar-refractivity contribution is 5.39. The molecule has 15 heavy (non-hydrogen) atoms. The Morgan fingerprint density at radius 2 is 1.67 bits per heavy atom. The second kappa shape index (κ2) is 4.97. The van der Waals surface area contributed by atoms with E-state index in [1.165, 1.54) is 11.1 Å². The Bertz CT molecular complexity index is 353. The van der Waals surface area contributed by atoms with Crippen molar-refractivity contribution in [3.63, 3.8) is 0 Å². The van der Waals surface area contributed by atoms with E-state index in [4.69, 9.17) is 0 Å². The summed E-state index contributed by atoms with van der Waals surface area (Å²) in [4.78, 5) is 0. The minimum absolute atomic E-state index is 0.0858. The van der Waals surface area contributed by atoms with Gasteiger partial charge in [-0.25, -0.2) is 0 Å². The lowest BCUT2D eigenvalue weighted by atomic mass is 9.77. The van der Waals surface area contributed by atoms with Gasteiger partial charge in [-0.2, -0.15) is 0 Å². The van der Waals surface area contributed by atoms with Gasteiger partial charge in [0.1, 0.15) is 0 Å². The predicted molar refractivity (Wildman–Crippen MR) is 68.0 cm³/mol. The maximum absolute atomic E-state index is 2.26. The average Bonchev–Trinajstić information content (AvgIpc) is 2.27. The molecule has 0 amide bonds. The molecule has 80 valence electrons. The first-order valence-electron chi connectivity index (χ1n) is 5.48. The lowest BCUT2D eigenvalue weighted by Gasteiger charge is -2.27. The summed E-state index contributed by atoms with van der Waals surface area (Å²) in [6, 6.07) is 10.6. The molecule has 0 nitrogen and oxygen atoms in total. The van der Waals surface area contributed by atoms with Gasteiger partial charge in [0.25, 0.3) is 0 Å². The highest BCUT2D eigenvalue weighted by atomic mass is 14.3. The summed E-state index contributed by atoms with van der Waals surface area (Å²) in [6.07, 6.45) is 6.47. The second-order valence-corrected chi connectivity index (χ2v) is 4.24. The smallest absolute Gasteiger partial charge is 0.0143 e. The zero-order valence-electron chi connectivity index (χ0n) is 10.1. The third-order valence-electron chi connectivity index (χ3n) is 2.87. The van der Waals surface area contributed by atoms with E-state index < -0.39 is 0 Å². The van der Waals surface area contributed by atoms with Gasteiger partial charge in [-0.05, 0) is 25.0 Å². The highest BCUT2D eigenvalue weighted by Gasteiger charge is 2.22. The van der Waals surface area contributed by atoms with E-state index in [0.29, 0.717) is 0 Å². The Labute approximate surface area is 93.3 Å². The van der Waals surface area contributed by atoms with Crippen LogP contribution < -0.4 is 0 Å². The van der Waals surface area contributed by atoms with Crippen LogP contribution in [0.25, 0.3) is 0 Å². The molecule has 0 saturated carbocycles. The number of rotatable bonds is 3. The zero-order valence-corrected chi connectivity index (χ0v) is 10.1. The Kier molecular flexibility index (Phi) is 3.90. The van der Waals surface area contributed by atoms with Crippen LogP contribution in [0.4, 0.5) is 0 Å². The van der Waals surface area contributed by atoms with Crippen LogP contribution in [0.15, 0.2) is 54.1 Å². The molecule has 0 aliphatic carbocycles. The second-order valence-electron chi connectivity index (χ2n) is 4.24. The minimum Gasteiger partial charge on any atom is -0.0874 e. The molecular formula is C15H20. The van der Waals surface area contributed by atoms with Crippen LogP contribution in [-0.2, 0) is 5.41 Å². The van der Waals surface area contributed by atoms with Crippen molar-refractivity contribution in [1.82, 2.24) is 0 Å². The fraction of sp³-hybridized carbons (Fsp3) is 0.333. The molecular weight excluding hydrogens is 180 g/mol. The largest absolute Gasteiger partial charge is 0.0874 e. The number of hydrogen-bond donors (Lipinski definition) is 0. The molecule has 0 radical (unpaired) electrons. The molecule has 0 heteroatoms. The molecule has 0 bridgehead atoms. The first-order valence-corrected chi connectivity index (χ1v) is 5.48. The summed E-state index contributed by atoms with van der Waals surface area (Å²) in [6.45, 7) is 8.68. The van der Waals surface area contributed by atoms with Crippen molar-refractivity contribution in [1.29, 1.82) is 0 Å². The third kappa shape index (κ3) is 2.59. The lowest BCUT2D eigenvalue weighted by molar-refractivity contribution is 0.638. The quantitative estimate of drug-likeness (QED) is 0.631. The molecule has 0 aliphatic heterocycles. The van der Waals surface area contributed by atoms with Crippen molar-refractivity contribution in [2.75, 3.05) is 0 Å². The van der Waals surface area contributed by atoms with Crippen molar-refractivity contribution in [3.8, 4) is 0 Å². The summed E-state index contributed by atoms with van der Waals surface area (Å²) < 4.78 is 0. The summed E-state index contributed by atoms with van der Waals surface area (Å²) in [7, 11) is 0. The van der Waals surface area contributed by atoms with Gasteiger partial charge in [0.15, 0.2) is 0 Å². The van der Waals surface area contributed by atoms with E-state index in [1.54, 1.807) is 0 Å². The van der Waals surface area contributed by atoms with E-state index in [-0.39, 0.29) is 5.41 Å². The van der Waals surface area contributed by atoms with E-state index in [2.05, 4.69) is 76.3 Å². The summed E-state index contributed by atoms with van der Waals surface area (Å²) in [5, 5.41) is 0. The van der Waals surface area contributed by atoms with Crippen LogP contribution >= 0.6 is 0 Å². The zero-order chi connectivity index (χ0) is 11.3. The molecule has 0 fully saturated rings. The molecule has 1 rings (SSSR count). The van der Waals surface area contributed by atoms with Gasteiger partial charge in [0, 0.05) is 5.41 Å². The number of benzene rings is 1. The summed E-state index contributed by atoms with van der Waals surface area (Å²) in [5.74, 6) is 0. The van der Waals surface area contributed by atoms with E-state index in [1.807, 2.05) is 0 Å². The molecule has 1 aromatic carbocycles. The average molecular weight is 200 g/mol. The van der Waals surface area contributed by atoms with Crippen molar-refractivity contribution >= 4 is 0 Å². The number of hydrogen-bond acceptors (Lipinski definition) is 0. The molecule has 0 aliphatic rings. The molecule has 0 aromatic heterocycles. The maximum Gasteiger partial charge on any atom is 0.0143 e. The molecule has 0 spiro atoms. The fourth-order valence-electron chi connectivity index (χ4n) is 1.87. The van der Waals surface area contributed by atoms with Gasteiger partial charge in [-0.1, -0.05) is 62.4 Å². The van der Waals surface area contributed by atoms with Crippen molar-refractivity contribution in [2.24, 2.45) is 0 Å². The maximum atomic E-state index is 2.26. The molecule has 0 N–H and O–H groups in total. The Morgan fingerprint density at radius 3 is 2.13 bits per heavy atom. The first-order chi connectivity index (χ1) is 7.12. The van der Waals surface area contributed by atoms with Gasteiger partial charge in [0.2, 0.25) is 0 Å². The Hall–Kier alpha value is -1.30. The predicted octanol–water partition coefficient (Wildman–Crippen LogP) is 4.49. The Morgan fingerprint density at radius 1 is 1.07 bits per heavy atom. The van der Waals surface area contributed by atoms with Gasteiger partial charge in [-0.3, -0.25) is 0 Å². The Balaban J connectivity index is 3.12. The van der Waals surface area contributed by atoms with Crippen LogP contribution in [0.5, 0.6) is 0 Å². The lowest BCUT2D eigenvalue weighted by Crippen LogP contribution is -2.19. The molecule has 0 unspecified atom stereocenters. The standard InChI is InChI=1S/C15H20/c1-5-10-13(6-2)15(3,4)14-11-8-7-9-12-14/h5-12H,1-4H3/b10-5-,13-6+. The first kappa shape index (κ1) is 11.8. The molecule has 1 aromatic rings. The minimum atomic E-state index is 0.0858. The van der Waals surface area contributed by atoms with Crippen molar-refractivity contribution in [3.05, 3.63) is 59.7 Å². The van der Waals surface area contributed by atoms with Gasteiger partial charge >= 0.3 is 0 Å². The summed E-state index contributed by atoms with van der Waals surface area (Å²) >= 11 is 0. The topological polar surface area (TPSA) is 0 Å². The van der Waals surface area contributed by atoms with Gasteiger partial charge < -0.3 is 0 Å². The van der Waals surface area contributed by atoms with Crippen LogP contribution in [-0.4, -0.2) is 0 Å². The monoisotopic (exact) mass is 200 g/mol. The van der Waals surface area contributed by atoms with Crippen molar-refractivity contribution in [2.45, 2.75) is 33.1 Å². The van der Waals surface area contributed by atoms with E-state index in [9.17, 15) is 0 Å². The van der Waals surface area contributed by atoms with Crippen LogP contribution in [0, 0.1) is 0 Å².